The van der Waals surface area contributed by atoms with Gasteiger partial charge < -0.3 is 5.73 Å². The molecule has 0 saturated heterocycles. The van der Waals surface area contributed by atoms with Gasteiger partial charge in [-0.1, -0.05) is 17.7 Å². The van der Waals surface area contributed by atoms with Crippen molar-refractivity contribution < 1.29 is 0 Å². The lowest BCUT2D eigenvalue weighted by Crippen LogP contribution is -2.12. The first-order valence-corrected chi connectivity index (χ1v) is 8.04. The molecule has 0 saturated carbocycles. The highest BCUT2D eigenvalue weighted by atomic mass is 32.2. The van der Waals surface area contributed by atoms with Gasteiger partial charge in [-0.15, -0.1) is 11.8 Å². The van der Waals surface area contributed by atoms with Crippen molar-refractivity contribution in [2.24, 2.45) is 0 Å². The van der Waals surface area contributed by atoms with E-state index in [1.165, 1.54) is 34.6 Å². The number of aromatic nitrogens is 2. The third kappa shape index (κ3) is 2.96. The Bertz CT molecular complexity index is 625. The van der Waals surface area contributed by atoms with E-state index in [-0.39, 0.29) is 0 Å². The molecule has 0 radical (unpaired) electrons. The van der Waals surface area contributed by atoms with E-state index in [2.05, 4.69) is 36.2 Å². The largest absolute Gasteiger partial charge is 0.383 e. The number of nitrogens with two attached hydrogens (primary N) is 1. The van der Waals surface area contributed by atoms with Gasteiger partial charge in [-0.3, -0.25) is 0 Å². The van der Waals surface area contributed by atoms with Crippen LogP contribution in [-0.4, -0.2) is 9.97 Å². The molecule has 0 atom stereocenters. The van der Waals surface area contributed by atoms with Gasteiger partial charge in [-0.2, -0.15) is 0 Å². The number of fused-ring (bicyclic) bond motifs is 1. The van der Waals surface area contributed by atoms with E-state index >= 15 is 0 Å². The zero-order valence-corrected chi connectivity index (χ0v) is 12.5. The Morgan fingerprint density at radius 1 is 1.20 bits per heavy atom. The van der Waals surface area contributed by atoms with E-state index in [1.807, 2.05) is 0 Å². The third-order valence-electron chi connectivity index (χ3n) is 3.62. The van der Waals surface area contributed by atoms with Crippen molar-refractivity contribution >= 4 is 17.6 Å². The highest BCUT2D eigenvalue weighted by Gasteiger charge is 2.16. The molecule has 4 heteroatoms. The number of benzene rings is 1. The van der Waals surface area contributed by atoms with Crippen LogP contribution in [-0.2, 0) is 18.6 Å². The molecule has 0 fully saturated rings. The first-order valence-electron chi connectivity index (χ1n) is 7.06. The highest BCUT2D eigenvalue weighted by molar-refractivity contribution is 7.98. The predicted molar refractivity (Wildman–Crippen MR) is 83.8 cm³/mol. The summed E-state index contributed by atoms with van der Waals surface area (Å²) in [6.07, 6.45) is 4.50. The van der Waals surface area contributed by atoms with Crippen molar-refractivity contribution in [3.05, 3.63) is 46.9 Å². The standard InChI is InChI=1S/C16H19N3S/c1-11-5-4-6-12(9-11)20-10-15-18-14-8-3-2-7-13(14)16(17)19-15/h4-6,9H,2-3,7-8,10H2,1H3,(H2,17,18,19). The molecule has 1 heterocycles. The van der Waals surface area contributed by atoms with Gasteiger partial charge in [0.05, 0.1) is 5.75 Å². The van der Waals surface area contributed by atoms with Crippen molar-refractivity contribution in [2.45, 2.75) is 43.3 Å². The molecule has 0 aliphatic heterocycles. The summed E-state index contributed by atoms with van der Waals surface area (Å²) in [5, 5.41) is 0. The predicted octanol–water partition coefficient (Wildman–Crippen LogP) is 3.54. The molecule has 1 aromatic heterocycles. The van der Waals surface area contributed by atoms with Crippen LogP contribution in [0.2, 0.25) is 0 Å². The molecule has 2 N–H and O–H groups in total. The van der Waals surface area contributed by atoms with E-state index in [0.717, 1.165) is 24.4 Å². The summed E-state index contributed by atoms with van der Waals surface area (Å²) in [6.45, 7) is 2.11. The Morgan fingerprint density at radius 3 is 2.90 bits per heavy atom. The molecule has 2 aromatic rings. The van der Waals surface area contributed by atoms with Gasteiger partial charge in [-0.05, 0) is 44.7 Å². The van der Waals surface area contributed by atoms with Gasteiger partial charge in [0.2, 0.25) is 0 Å². The van der Waals surface area contributed by atoms with Crippen LogP contribution in [0.5, 0.6) is 0 Å². The molecule has 0 bridgehead atoms. The molecule has 3 nitrogen and oxygen atoms in total. The first kappa shape index (κ1) is 13.4. The highest BCUT2D eigenvalue weighted by Crippen LogP contribution is 2.26. The molecule has 104 valence electrons. The summed E-state index contributed by atoms with van der Waals surface area (Å²) < 4.78 is 0. The lowest BCUT2D eigenvalue weighted by molar-refractivity contribution is 0.660. The monoisotopic (exact) mass is 285 g/mol. The summed E-state index contributed by atoms with van der Waals surface area (Å²) in [4.78, 5) is 10.4. The van der Waals surface area contributed by atoms with E-state index < -0.39 is 0 Å². The van der Waals surface area contributed by atoms with Crippen LogP contribution in [0.25, 0.3) is 0 Å². The molecule has 0 amide bonds. The number of thioether (sulfide) groups is 1. The van der Waals surface area contributed by atoms with Crippen molar-refractivity contribution in [2.75, 3.05) is 5.73 Å². The van der Waals surface area contributed by atoms with Crippen molar-refractivity contribution in [3.63, 3.8) is 0 Å². The number of hydrogen-bond acceptors (Lipinski definition) is 4. The van der Waals surface area contributed by atoms with Gasteiger partial charge in [0.15, 0.2) is 0 Å². The fourth-order valence-corrected chi connectivity index (χ4v) is 3.46. The molecule has 3 rings (SSSR count). The van der Waals surface area contributed by atoms with Crippen LogP contribution >= 0.6 is 11.8 Å². The molecular weight excluding hydrogens is 266 g/mol. The van der Waals surface area contributed by atoms with Crippen LogP contribution in [0.3, 0.4) is 0 Å². The lowest BCUT2D eigenvalue weighted by Gasteiger charge is -2.17. The van der Waals surface area contributed by atoms with Gasteiger partial charge in [-0.25, -0.2) is 9.97 Å². The van der Waals surface area contributed by atoms with E-state index in [4.69, 9.17) is 10.7 Å². The second kappa shape index (κ2) is 5.83. The molecule has 0 spiro atoms. The number of nitrogen functional groups attached to an aromatic ring is 1. The maximum absolute atomic E-state index is 6.07. The average Bonchev–Trinajstić information content (AvgIpc) is 2.45. The molecule has 1 aliphatic carbocycles. The number of hydrogen-bond donors (Lipinski definition) is 1. The molecule has 1 aromatic carbocycles. The van der Waals surface area contributed by atoms with E-state index in [1.54, 1.807) is 11.8 Å². The molecular formula is C16H19N3S. The topological polar surface area (TPSA) is 51.8 Å². The zero-order chi connectivity index (χ0) is 13.9. The Labute approximate surface area is 124 Å². The van der Waals surface area contributed by atoms with Crippen LogP contribution in [0.15, 0.2) is 29.2 Å². The normalized spacial score (nSPS) is 14.1. The molecule has 0 unspecified atom stereocenters. The Balaban J connectivity index is 1.76. The van der Waals surface area contributed by atoms with Crippen LogP contribution < -0.4 is 5.73 Å². The summed E-state index contributed by atoms with van der Waals surface area (Å²) in [5.41, 5.74) is 9.70. The maximum Gasteiger partial charge on any atom is 0.141 e. The molecule has 20 heavy (non-hydrogen) atoms. The molecule has 1 aliphatic rings. The fourth-order valence-electron chi connectivity index (χ4n) is 2.59. The van der Waals surface area contributed by atoms with Crippen molar-refractivity contribution in [1.29, 1.82) is 0 Å². The summed E-state index contributed by atoms with van der Waals surface area (Å²) in [6, 6.07) is 8.50. The Kier molecular flexibility index (Phi) is 3.92. The Morgan fingerprint density at radius 2 is 2.05 bits per heavy atom. The quantitative estimate of drug-likeness (QED) is 0.876. The van der Waals surface area contributed by atoms with Gasteiger partial charge in [0.25, 0.3) is 0 Å². The van der Waals surface area contributed by atoms with Crippen LogP contribution in [0.4, 0.5) is 5.82 Å². The van der Waals surface area contributed by atoms with E-state index in [9.17, 15) is 0 Å². The van der Waals surface area contributed by atoms with Crippen LogP contribution in [0, 0.1) is 6.92 Å². The second-order valence-electron chi connectivity index (χ2n) is 5.26. The summed E-state index contributed by atoms with van der Waals surface area (Å²) in [5.74, 6) is 2.32. The SMILES string of the molecule is Cc1cccc(SCc2nc(N)c3c(n2)CCCC3)c1. The van der Waals surface area contributed by atoms with E-state index in [0.29, 0.717) is 5.82 Å². The number of aryl methyl sites for hydroxylation is 2. The maximum atomic E-state index is 6.07. The summed E-state index contributed by atoms with van der Waals surface area (Å²) >= 11 is 1.77. The minimum atomic E-state index is 0.689. The minimum absolute atomic E-state index is 0.689. The first-order chi connectivity index (χ1) is 9.72. The Hall–Kier alpha value is -1.55. The third-order valence-corrected chi connectivity index (χ3v) is 4.61. The second-order valence-corrected chi connectivity index (χ2v) is 6.31. The van der Waals surface area contributed by atoms with Gasteiger partial charge in [0, 0.05) is 16.2 Å². The number of rotatable bonds is 3. The minimum Gasteiger partial charge on any atom is -0.383 e. The number of nitrogens with zero attached hydrogens (tertiary/aromatic N) is 2. The van der Waals surface area contributed by atoms with Gasteiger partial charge in [0.1, 0.15) is 11.6 Å². The van der Waals surface area contributed by atoms with Crippen molar-refractivity contribution in [1.82, 2.24) is 9.97 Å². The van der Waals surface area contributed by atoms with Crippen molar-refractivity contribution in [3.8, 4) is 0 Å². The smallest absolute Gasteiger partial charge is 0.141 e. The zero-order valence-electron chi connectivity index (χ0n) is 11.7. The van der Waals surface area contributed by atoms with Crippen LogP contribution in [0.1, 0.15) is 35.5 Å². The summed E-state index contributed by atoms with van der Waals surface area (Å²) in [7, 11) is 0. The van der Waals surface area contributed by atoms with Gasteiger partial charge >= 0.3 is 0 Å². The lowest BCUT2D eigenvalue weighted by atomic mass is 9.96. The number of anilines is 1. The average molecular weight is 285 g/mol. The fraction of sp³-hybridized carbons (Fsp3) is 0.375.